The number of hydrogen-bond donors (Lipinski definition) is 1. The maximum absolute atomic E-state index is 12.3. The van der Waals surface area contributed by atoms with Crippen LogP contribution in [0, 0.1) is 0 Å². The lowest BCUT2D eigenvalue weighted by molar-refractivity contribution is -0.0168. The van der Waals surface area contributed by atoms with E-state index in [1.807, 2.05) is 20.8 Å². The SMILES string of the molecule is CC(C)(C)OCCOc1ccc(C(=O)N2CCCC(O)C2)cn1. The van der Waals surface area contributed by atoms with Crippen molar-refractivity contribution in [1.29, 1.82) is 0 Å². The Morgan fingerprint density at radius 3 is 2.78 bits per heavy atom. The van der Waals surface area contributed by atoms with E-state index in [0.29, 0.717) is 37.7 Å². The van der Waals surface area contributed by atoms with Crippen molar-refractivity contribution in [3.05, 3.63) is 23.9 Å². The van der Waals surface area contributed by atoms with Gasteiger partial charge in [0.2, 0.25) is 5.88 Å². The van der Waals surface area contributed by atoms with Crippen LogP contribution in [0.25, 0.3) is 0 Å². The Bertz CT molecular complexity index is 510. The molecule has 0 spiro atoms. The number of rotatable bonds is 5. The van der Waals surface area contributed by atoms with Crippen molar-refractivity contribution >= 4 is 5.91 Å². The molecule has 1 aromatic rings. The third-order valence-corrected chi connectivity index (χ3v) is 3.54. The van der Waals surface area contributed by atoms with Gasteiger partial charge >= 0.3 is 0 Å². The zero-order valence-corrected chi connectivity index (χ0v) is 14.1. The molecule has 0 bridgehead atoms. The summed E-state index contributed by atoms with van der Waals surface area (Å²) < 4.78 is 11.1. The molecule has 1 aliphatic heterocycles. The largest absolute Gasteiger partial charge is 0.475 e. The van der Waals surface area contributed by atoms with E-state index >= 15 is 0 Å². The molecule has 1 saturated heterocycles. The number of likely N-dealkylation sites (tertiary alicyclic amines) is 1. The molecule has 2 rings (SSSR count). The maximum Gasteiger partial charge on any atom is 0.255 e. The quantitative estimate of drug-likeness (QED) is 0.838. The first-order valence-electron chi connectivity index (χ1n) is 8.05. The second kappa shape index (κ2) is 7.75. The van der Waals surface area contributed by atoms with Gasteiger partial charge in [-0.15, -0.1) is 0 Å². The Kier molecular flexibility index (Phi) is 5.96. The van der Waals surface area contributed by atoms with Crippen LogP contribution in [-0.4, -0.2) is 58.9 Å². The number of amides is 1. The lowest BCUT2D eigenvalue weighted by atomic mass is 10.1. The summed E-state index contributed by atoms with van der Waals surface area (Å²) in [6.45, 7) is 7.93. The summed E-state index contributed by atoms with van der Waals surface area (Å²) in [5.41, 5.74) is 0.323. The number of ether oxygens (including phenoxy) is 2. The highest BCUT2D eigenvalue weighted by Gasteiger charge is 2.23. The summed E-state index contributed by atoms with van der Waals surface area (Å²) in [5.74, 6) is 0.372. The van der Waals surface area contributed by atoms with Crippen LogP contribution in [0.4, 0.5) is 0 Å². The highest BCUT2D eigenvalue weighted by Crippen LogP contribution is 2.15. The number of aliphatic hydroxyl groups excluding tert-OH is 1. The van der Waals surface area contributed by atoms with Crippen molar-refractivity contribution in [3.63, 3.8) is 0 Å². The second-order valence-electron chi connectivity index (χ2n) is 6.74. The molecule has 1 aliphatic rings. The van der Waals surface area contributed by atoms with E-state index in [2.05, 4.69) is 4.98 Å². The van der Waals surface area contributed by atoms with E-state index in [1.54, 1.807) is 17.0 Å². The number of β-amino-alcohol motifs (C(OH)–C–C–N with tert-alkyl or cyclic N) is 1. The summed E-state index contributed by atoms with van der Waals surface area (Å²) in [6.07, 6.45) is 2.68. The van der Waals surface area contributed by atoms with Gasteiger partial charge in [0, 0.05) is 25.4 Å². The van der Waals surface area contributed by atoms with Gasteiger partial charge in [-0.1, -0.05) is 0 Å². The predicted octanol–water partition coefficient (Wildman–Crippen LogP) is 1.87. The van der Waals surface area contributed by atoms with Crippen LogP contribution in [0.3, 0.4) is 0 Å². The molecule has 128 valence electrons. The number of carbonyl (C=O) groups excluding carboxylic acids is 1. The van der Waals surface area contributed by atoms with Crippen molar-refractivity contribution in [1.82, 2.24) is 9.88 Å². The third kappa shape index (κ3) is 5.80. The third-order valence-electron chi connectivity index (χ3n) is 3.54. The highest BCUT2D eigenvalue weighted by atomic mass is 16.5. The fourth-order valence-corrected chi connectivity index (χ4v) is 2.41. The molecule has 1 N–H and O–H groups in total. The fourth-order valence-electron chi connectivity index (χ4n) is 2.41. The number of carbonyl (C=O) groups is 1. The fraction of sp³-hybridized carbons (Fsp3) is 0.647. The van der Waals surface area contributed by atoms with Crippen molar-refractivity contribution in [3.8, 4) is 5.88 Å². The molecule has 23 heavy (non-hydrogen) atoms. The van der Waals surface area contributed by atoms with E-state index in [1.165, 1.54) is 6.20 Å². The molecule has 1 fully saturated rings. The first-order chi connectivity index (χ1) is 10.8. The minimum absolute atomic E-state index is 0.0983. The first-order valence-corrected chi connectivity index (χ1v) is 8.05. The topological polar surface area (TPSA) is 71.9 Å². The van der Waals surface area contributed by atoms with E-state index in [-0.39, 0.29) is 11.5 Å². The van der Waals surface area contributed by atoms with Gasteiger partial charge in [-0.3, -0.25) is 4.79 Å². The standard InChI is InChI=1S/C17H26N2O4/c1-17(2,3)23-10-9-22-15-7-6-13(11-18-15)16(21)19-8-4-5-14(20)12-19/h6-7,11,14,20H,4-5,8-10,12H2,1-3H3. The second-order valence-corrected chi connectivity index (χ2v) is 6.74. The highest BCUT2D eigenvalue weighted by molar-refractivity contribution is 5.94. The van der Waals surface area contributed by atoms with E-state index in [0.717, 1.165) is 12.8 Å². The van der Waals surface area contributed by atoms with Gasteiger partial charge in [-0.05, 0) is 39.7 Å². The molecule has 1 amide bonds. The monoisotopic (exact) mass is 322 g/mol. The van der Waals surface area contributed by atoms with Crippen LogP contribution in [0.2, 0.25) is 0 Å². The Balaban J connectivity index is 1.83. The Morgan fingerprint density at radius 2 is 2.17 bits per heavy atom. The number of nitrogens with zero attached hydrogens (tertiary/aromatic N) is 2. The average Bonchev–Trinajstić information content (AvgIpc) is 2.50. The Labute approximate surface area is 137 Å². The molecule has 0 radical (unpaired) electrons. The van der Waals surface area contributed by atoms with Gasteiger partial charge in [-0.25, -0.2) is 4.98 Å². The van der Waals surface area contributed by atoms with Gasteiger partial charge in [0.1, 0.15) is 6.61 Å². The molecule has 6 heteroatoms. The van der Waals surface area contributed by atoms with Crippen molar-refractivity contribution in [2.24, 2.45) is 0 Å². The zero-order chi connectivity index (χ0) is 16.9. The van der Waals surface area contributed by atoms with Crippen molar-refractivity contribution in [2.45, 2.75) is 45.3 Å². The zero-order valence-electron chi connectivity index (χ0n) is 14.1. The Morgan fingerprint density at radius 1 is 1.39 bits per heavy atom. The molecule has 0 saturated carbocycles. The number of pyridine rings is 1. The van der Waals surface area contributed by atoms with Gasteiger partial charge < -0.3 is 19.5 Å². The Hall–Kier alpha value is -1.66. The number of aliphatic hydroxyl groups is 1. The number of piperidine rings is 1. The molecule has 0 aromatic carbocycles. The molecule has 6 nitrogen and oxygen atoms in total. The van der Waals surface area contributed by atoms with Gasteiger partial charge in [0.05, 0.1) is 23.9 Å². The lowest BCUT2D eigenvalue weighted by Gasteiger charge is -2.30. The van der Waals surface area contributed by atoms with Crippen LogP contribution < -0.4 is 4.74 Å². The van der Waals surface area contributed by atoms with Crippen LogP contribution in [0.5, 0.6) is 5.88 Å². The van der Waals surface area contributed by atoms with Crippen molar-refractivity contribution in [2.75, 3.05) is 26.3 Å². The summed E-state index contributed by atoms with van der Waals surface area (Å²) in [7, 11) is 0. The molecule has 1 unspecified atom stereocenters. The van der Waals surface area contributed by atoms with E-state index < -0.39 is 6.10 Å². The van der Waals surface area contributed by atoms with Crippen LogP contribution in [0.15, 0.2) is 18.3 Å². The summed E-state index contributed by atoms with van der Waals surface area (Å²) in [5, 5.41) is 9.66. The summed E-state index contributed by atoms with van der Waals surface area (Å²) >= 11 is 0. The van der Waals surface area contributed by atoms with Gasteiger partial charge in [0.25, 0.3) is 5.91 Å². The average molecular weight is 322 g/mol. The first kappa shape index (κ1) is 17.7. The molecule has 0 aliphatic carbocycles. The van der Waals surface area contributed by atoms with E-state index in [9.17, 15) is 9.90 Å². The molecule has 1 aromatic heterocycles. The summed E-state index contributed by atoms with van der Waals surface area (Å²) in [6, 6.07) is 3.39. The molecule has 2 heterocycles. The van der Waals surface area contributed by atoms with Crippen LogP contribution in [-0.2, 0) is 4.74 Å². The summed E-state index contributed by atoms with van der Waals surface area (Å²) in [4.78, 5) is 18.2. The minimum atomic E-state index is -0.425. The molecular weight excluding hydrogens is 296 g/mol. The molecule has 1 atom stereocenters. The number of hydrogen-bond acceptors (Lipinski definition) is 5. The van der Waals surface area contributed by atoms with Crippen LogP contribution in [0.1, 0.15) is 44.0 Å². The van der Waals surface area contributed by atoms with Gasteiger partial charge in [-0.2, -0.15) is 0 Å². The minimum Gasteiger partial charge on any atom is -0.475 e. The maximum atomic E-state index is 12.3. The van der Waals surface area contributed by atoms with Crippen LogP contribution >= 0.6 is 0 Å². The van der Waals surface area contributed by atoms with Crippen molar-refractivity contribution < 1.29 is 19.4 Å². The lowest BCUT2D eigenvalue weighted by Crippen LogP contribution is -2.42. The molecular formula is C17H26N2O4. The predicted molar refractivity (Wildman–Crippen MR) is 86.6 cm³/mol. The smallest absolute Gasteiger partial charge is 0.255 e. The van der Waals surface area contributed by atoms with E-state index in [4.69, 9.17) is 9.47 Å². The van der Waals surface area contributed by atoms with Gasteiger partial charge in [0.15, 0.2) is 0 Å². The normalized spacial score (nSPS) is 18.8. The number of aromatic nitrogens is 1.